The Kier molecular flexibility index (Phi) is 5.01. The van der Waals surface area contributed by atoms with Gasteiger partial charge in [-0.15, -0.1) is 0 Å². The molecule has 1 N–H and O–H groups in total. The summed E-state index contributed by atoms with van der Waals surface area (Å²) in [6, 6.07) is 13.5. The molecule has 0 bridgehead atoms. The summed E-state index contributed by atoms with van der Waals surface area (Å²) >= 11 is 0. The average molecular weight is 320 g/mol. The van der Waals surface area contributed by atoms with Crippen molar-refractivity contribution in [3.05, 3.63) is 84.2 Å². The molecule has 2 aromatic heterocycles. The van der Waals surface area contributed by atoms with Crippen molar-refractivity contribution >= 4 is 5.91 Å². The highest BCUT2D eigenvalue weighted by molar-refractivity contribution is 5.77. The van der Waals surface area contributed by atoms with E-state index in [1.807, 2.05) is 60.3 Å². The summed E-state index contributed by atoms with van der Waals surface area (Å²) in [5.74, 6) is 0.812. The third-order valence-corrected chi connectivity index (χ3v) is 3.92. The van der Waals surface area contributed by atoms with Crippen molar-refractivity contribution in [1.29, 1.82) is 0 Å². The number of rotatable bonds is 6. The van der Waals surface area contributed by atoms with E-state index in [0.29, 0.717) is 12.8 Å². The average Bonchev–Trinajstić information content (AvgIpc) is 3.05. The van der Waals surface area contributed by atoms with Gasteiger partial charge in [-0.2, -0.15) is 0 Å². The largest absolute Gasteiger partial charge is 0.342 e. The van der Waals surface area contributed by atoms with Crippen LogP contribution in [0, 0.1) is 0 Å². The Morgan fingerprint density at radius 1 is 1.17 bits per heavy atom. The van der Waals surface area contributed by atoms with E-state index >= 15 is 0 Å². The molecular weight excluding hydrogens is 300 g/mol. The van der Waals surface area contributed by atoms with Gasteiger partial charge in [-0.25, -0.2) is 4.98 Å². The molecule has 5 heteroatoms. The van der Waals surface area contributed by atoms with Crippen LogP contribution in [0.3, 0.4) is 0 Å². The molecule has 3 rings (SSSR count). The third-order valence-electron chi connectivity index (χ3n) is 3.92. The number of hydrogen-bond acceptors (Lipinski definition) is 3. The number of amides is 1. The topological polar surface area (TPSA) is 59.8 Å². The second kappa shape index (κ2) is 7.55. The van der Waals surface area contributed by atoms with E-state index in [1.54, 1.807) is 18.6 Å². The normalized spacial score (nSPS) is 11.9. The molecule has 0 saturated carbocycles. The minimum Gasteiger partial charge on any atom is -0.342 e. The number of carbonyl (C=O) groups excluding carboxylic acids is 1. The van der Waals surface area contributed by atoms with E-state index in [4.69, 9.17) is 0 Å². The molecule has 122 valence electrons. The SMILES string of the molecule is Cn1ccnc1[C@H](NC(=O)CCc1cccnc1)c1ccccc1. The van der Waals surface area contributed by atoms with Crippen LogP contribution in [-0.4, -0.2) is 20.4 Å². The standard InChI is InChI=1S/C19H20N4O/c1-23-13-12-21-19(23)18(16-7-3-2-4-8-16)22-17(24)10-9-15-6-5-11-20-14-15/h2-8,11-14,18H,9-10H2,1H3,(H,22,24)/t18-/m1/s1. The summed E-state index contributed by atoms with van der Waals surface area (Å²) in [5, 5.41) is 3.10. The van der Waals surface area contributed by atoms with Crippen LogP contribution < -0.4 is 5.32 Å². The Morgan fingerprint density at radius 2 is 2.00 bits per heavy atom. The number of carbonyl (C=O) groups is 1. The number of pyridine rings is 1. The molecule has 1 aromatic carbocycles. The van der Waals surface area contributed by atoms with Crippen molar-refractivity contribution < 1.29 is 4.79 Å². The summed E-state index contributed by atoms with van der Waals surface area (Å²) in [5.41, 5.74) is 2.07. The second-order valence-corrected chi connectivity index (χ2v) is 5.67. The molecular formula is C19H20N4O. The minimum atomic E-state index is -0.257. The van der Waals surface area contributed by atoms with Gasteiger partial charge >= 0.3 is 0 Å². The highest BCUT2D eigenvalue weighted by Gasteiger charge is 2.20. The highest BCUT2D eigenvalue weighted by Crippen LogP contribution is 2.20. The van der Waals surface area contributed by atoms with Gasteiger partial charge in [0, 0.05) is 38.3 Å². The van der Waals surface area contributed by atoms with Gasteiger partial charge in [0.2, 0.25) is 5.91 Å². The molecule has 0 aliphatic heterocycles. The number of aromatic nitrogens is 3. The Labute approximate surface area is 141 Å². The molecule has 0 fully saturated rings. The van der Waals surface area contributed by atoms with E-state index in [1.165, 1.54) is 0 Å². The van der Waals surface area contributed by atoms with Crippen molar-refractivity contribution in [2.24, 2.45) is 7.05 Å². The molecule has 0 aliphatic carbocycles. The van der Waals surface area contributed by atoms with Gasteiger partial charge in [0.1, 0.15) is 11.9 Å². The Bertz CT molecular complexity index is 783. The van der Waals surface area contributed by atoms with Gasteiger partial charge in [-0.05, 0) is 23.6 Å². The monoisotopic (exact) mass is 320 g/mol. The third kappa shape index (κ3) is 3.87. The van der Waals surface area contributed by atoms with E-state index in [-0.39, 0.29) is 11.9 Å². The molecule has 0 saturated heterocycles. The van der Waals surface area contributed by atoms with Crippen molar-refractivity contribution in [3.8, 4) is 0 Å². The quantitative estimate of drug-likeness (QED) is 0.759. The summed E-state index contributed by atoms with van der Waals surface area (Å²) in [6.45, 7) is 0. The molecule has 2 heterocycles. The van der Waals surface area contributed by atoms with Crippen LogP contribution in [0.25, 0.3) is 0 Å². The number of nitrogens with zero attached hydrogens (tertiary/aromatic N) is 3. The van der Waals surface area contributed by atoms with Crippen LogP contribution in [0.1, 0.15) is 29.4 Å². The minimum absolute atomic E-state index is 0.00398. The number of benzene rings is 1. The molecule has 0 aliphatic rings. The highest BCUT2D eigenvalue weighted by atomic mass is 16.1. The van der Waals surface area contributed by atoms with Crippen molar-refractivity contribution in [2.45, 2.75) is 18.9 Å². The van der Waals surface area contributed by atoms with Crippen LogP contribution in [0.5, 0.6) is 0 Å². The van der Waals surface area contributed by atoms with Crippen LogP contribution in [0.15, 0.2) is 67.3 Å². The molecule has 0 spiro atoms. The van der Waals surface area contributed by atoms with Gasteiger partial charge in [-0.1, -0.05) is 36.4 Å². The zero-order valence-corrected chi connectivity index (χ0v) is 13.6. The molecule has 24 heavy (non-hydrogen) atoms. The molecule has 0 unspecified atom stereocenters. The summed E-state index contributed by atoms with van der Waals surface area (Å²) in [6.07, 6.45) is 8.23. The summed E-state index contributed by atoms with van der Waals surface area (Å²) in [4.78, 5) is 20.9. The first kappa shape index (κ1) is 15.9. The lowest BCUT2D eigenvalue weighted by Crippen LogP contribution is -2.31. The fourth-order valence-electron chi connectivity index (χ4n) is 2.63. The van der Waals surface area contributed by atoms with Crippen molar-refractivity contribution in [1.82, 2.24) is 19.9 Å². The maximum absolute atomic E-state index is 12.4. The Hall–Kier alpha value is -2.95. The lowest BCUT2D eigenvalue weighted by Gasteiger charge is -2.19. The van der Waals surface area contributed by atoms with E-state index in [9.17, 15) is 4.79 Å². The van der Waals surface area contributed by atoms with Gasteiger partial charge in [0.15, 0.2) is 0 Å². The fraction of sp³-hybridized carbons (Fsp3) is 0.211. The summed E-state index contributed by atoms with van der Waals surface area (Å²) in [7, 11) is 1.93. The first-order chi connectivity index (χ1) is 11.7. The zero-order chi connectivity index (χ0) is 16.8. The van der Waals surface area contributed by atoms with E-state index < -0.39 is 0 Å². The van der Waals surface area contributed by atoms with Crippen LogP contribution >= 0.6 is 0 Å². The number of imidazole rings is 1. The summed E-state index contributed by atoms with van der Waals surface area (Å²) < 4.78 is 1.93. The van der Waals surface area contributed by atoms with Crippen LogP contribution in [0.2, 0.25) is 0 Å². The molecule has 0 radical (unpaired) electrons. The lowest BCUT2D eigenvalue weighted by molar-refractivity contribution is -0.121. The smallest absolute Gasteiger partial charge is 0.221 e. The van der Waals surface area contributed by atoms with Crippen molar-refractivity contribution in [3.63, 3.8) is 0 Å². The van der Waals surface area contributed by atoms with E-state index in [0.717, 1.165) is 17.0 Å². The second-order valence-electron chi connectivity index (χ2n) is 5.67. The van der Waals surface area contributed by atoms with Crippen LogP contribution in [0.4, 0.5) is 0 Å². The van der Waals surface area contributed by atoms with E-state index in [2.05, 4.69) is 15.3 Å². The molecule has 5 nitrogen and oxygen atoms in total. The predicted octanol–water partition coefficient (Wildman–Crippen LogP) is 2.65. The first-order valence-electron chi connectivity index (χ1n) is 7.94. The zero-order valence-electron chi connectivity index (χ0n) is 13.6. The van der Waals surface area contributed by atoms with Gasteiger partial charge in [0.05, 0.1) is 0 Å². The lowest BCUT2D eigenvalue weighted by atomic mass is 10.1. The maximum Gasteiger partial charge on any atom is 0.221 e. The van der Waals surface area contributed by atoms with Crippen LogP contribution in [-0.2, 0) is 18.3 Å². The Balaban J connectivity index is 1.72. The molecule has 1 amide bonds. The van der Waals surface area contributed by atoms with Gasteiger partial charge in [0.25, 0.3) is 0 Å². The Morgan fingerprint density at radius 3 is 2.67 bits per heavy atom. The van der Waals surface area contributed by atoms with Gasteiger partial charge < -0.3 is 9.88 Å². The number of nitrogens with one attached hydrogen (secondary N) is 1. The predicted molar refractivity (Wildman–Crippen MR) is 92.2 cm³/mol. The number of aryl methyl sites for hydroxylation is 2. The molecule has 3 aromatic rings. The molecule has 1 atom stereocenters. The number of hydrogen-bond donors (Lipinski definition) is 1. The maximum atomic E-state index is 12.4. The van der Waals surface area contributed by atoms with Gasteiger partial charge in [-0.3, -0.25) is 9.78 Å². The first-order valence-corrected chi connectivity index (χ1v) is 7.94. The fourth-order valence-corrected chi connectivity index (χ4v) is 2.63. The van der Waals surface area contributed by atoms with Crippen molar-refractivity contribution in [2.75, 3.05) is 0 Å².